The van der Waals surface area contributed by atoms with Gasteiger partial charge in [-0.2, -0.15) is 0 Å². The second-order valence-corrected chi connectivity index (χ2v) is 5.86. The van der Waals surface area contributed by atoms with Crippen molar-refractivity contribution in [2.45, 2.75) is 32.6 Å². The highest BCUT2D eigenvalue weighted by atomic mass is 32.1. The highest BCUT2D eigenvalue weighted by Crippen LogP contribution is 2.35. The summed E-state index contributed by atoms with van der Waals surface area (Å²) in [5, 5.41) is 16.4. The van der Waals surface area contributed by atoms with Crippen molar-refractivity contribution >= 4 is 28.5 Å². The lowest BCUT2D eigenvalue weighted by Crippen LogP contribution is -2.51. The van der Waals surface area contributed by atoms with Gasteiger partial charge in [0.05, 0.1) is 11.6 Å². The molecule has 0 bridgehead atoms. The van der Waals surface area contributed by atoms with E-state index in [4.69, 9.17) is 0 Å². The number of aromatic nitrogens is 2. The number of carboxylic acids is 1. The smallest absolute Gasteiger partial charge is 0.322 e. The molecule has 1 saturated heterocycles. The number of piperidine rings is 1. The summed E-state index contributed by atoms with van der Waals surface area (Å²) in [4.78, 5) is 25.3. The van der Waals surface area contributed by atoms with Gasteiger partial charge in [-0.25, -0.2) is 4.79 Å². The number of hydrogen-bond acceptors (Lipinski definition) is 5. The van der Waals surface area contributed by atoms with Crippen molar-refractivity contribution in [3.63, 3.8) is 0 Å². The van der Waals surface area contributed by atoms with Crippen LogP contribution in [0.25, 0.3) is 0 Å². The molecule has 1 unspecified atom stereocenters. The summed E-state index contributed by atoms with van der Waals surface area (Å²) in [6.45, 7) is 2.80. The van der Waals surface area contributed by atoms with Gasteiger partial charge in [-0.15, -0.1) is 5.10 Å². The Morgan fingerprint density at radius 3 is 3.00 bits per heavy atom. The van der Waals surface area contributed by atoms with Crippen molar-refractivity contribution in [2.24, 2.45) is 5.41 Å². The topological polar surface area (TPSA) is 95.4 Å². The van der Waals surface area contributed by atoms with Crippen LogP contribution in [0.3, 0.4) is 0 Å². The summed E-state index contributed by atoms with van der Waals surface area (Å²) < 4.78 is 3.67. The summed E-state index contributed by atoms with van der Waals surface area (Å²) in [7, 11) is 0. The van der Waals surface area contributed by atoms with Gasteiger partial charge in [0.1, 0.15) is 5.00 Å². The molecule has 2 heterocycles. The number of nitrogens with one attached hydrogen (secondary N) is 1. The Bertz CT molecular complexity index is 475. The van der Waals surface area contributed by atoms with Gasteiger partial charge in [0.2, 0.25) is 0 Å². The zero-order valence-electron chi connectivity index (χ0n) is 11.3. The van der Waals surface area contributed by atoms with Crippen LogP contribution in [0.4, 0.5) is 9.80 Å². The summed E-state index contributed by atoms with van der Waals surface area (Å²) in [5.41, 5.74) is -0.809. The van der Waals surface area contributed by atoms with E-state index in [0.717, 1.165) is 18.0 Å². The maximum Gasteiger partial charge on any atom is 0.322 e. The number of carboxylic acid groups (broad SMARTS) is 1. The van der Waals surface area contributed by atoms with Crippen LogP contribution >= 0.6 is 11.5 Å². The van der Waals surface area contributed by atoms with E-state index >= 15 is 0 Å². The first kappa shape index (κ1) is 14.7. The molecular weight excluding hydrogens is 280 g/mol. The van der Waals surface area contributed by atoms with Crippen LogP contribution in [0.5, 0.6) is 0 Å². The van der Waals surface area contributed by atoms with Gasteiger partial charge in [-0.3, -0.25) is 10.1 Å². The van der Waals surface area contributed by atoms with Gasteiger partial charge in [-0.1, -0.05) is 17.8 Å². The lowest BCUT2D eigenvalue weighted by Gasteiger charge is -2.39. The number of anilines is 1. The molecule has 0 radical (unpaired) electrons. The number of likely N-dealkylation sites (tertiary alicyclic amines) is 1. The summed E-state index contributed by atoms with van der Waals surface area (Å²) >= 11 is 1.10. The zero-order valence-corrected chi connectivity index (χ0v) is 12.2. The molecule has 2 amide bonds. The quantitative estimate of drug-likeness (QED) is 0.886. The van der Waals surface area contributed by atoms with E-state index in [0.29, 0.717) is 30.8 Å². The highest BCUT2D eigenvalue weighted by Gasteiger charge is 2.42. The zero-order chi connectivity index (χ0) is 14.6. The van der Waals surface area contributed by atoms with Crippen LogP contribution in [-0.4, -0.2) is 44.7 Å². The van der Waals surface area contributed by atoms with Crippen LogP contribution in [0, 0.1) is 5.41 Å². The van der Waals surface area contributed by atoms with E-state index in [1.54, 1.807) is 4.90 Å². The molecule has 0 aliphatic carbocycles. The van der Waals surface area contributed by atoms with Gasteiger partial charge in [0.25, 0.3) is 0 Å². The Kier molecular flexibility index (Phi) is 4.53. The predicted octanol–water partition coefficient (Wildman–Crippen LogP) is 2.04. The number of nitrogens with zero attached hydrogens (tertiary/aromatic N) is 3. The second kappa shape index (κ2) is 6.17. The third-order valence-corrected chi connectivity index (χ3v) is 4.22. The number of amides is 2. The van der Waals surface area contributed by atoms with Crippen molar-refractivity contribution < 1.29 is 14.7 Å². The fraction of sp³-hybridized carbons (Fsp3) is 0.667. The molecule has 1 atom stereocenters. The van der Waals surface area contributed by atoms with Crippen LogP contribution < -0.4 is 5.32 Å². The standard InChI is InChI=1S/C12H18N4O3S/c1-2-4-12(10(17)18)5-3-6-16(8-12)11(19)14-9-7-13-15-20-9/h7H,2-6,8H2,1H3,(H,14,19)(H,17,18). The van der Waals surface area contributed by atoms with E-state index in [1.807, 2.05) is 6.92 Å². The lowest BCUT2D eigenvalue weighted by molar-refractivity contribution is -0.152. The van der Waals surface area contributed by atoms with E-state index in [-0.39, 0.29) is 12.6 Å². The molecule has 20 heavy (non-hydrogen) atoms. The van der Waals surface area contributed by atoms with Crippen LogP contribution in [0.1, 0.15) is 32.6 Å². The number of hydrogen-bond donors (Lipinski definition) is 2. The number of carbonyl (C=O) groups is 2. The third kappa shape index (κ3) is 3.06. The number of carbonyl (C=O) groups excluding carboxylic acids is 1. The Labute approximate surface area is 121 Å². The van der Waals surface area contributed by atoms with Crippen molar-refractivity contribution in [1.82, 2.24) is 14.5 Å². The minimum atomic E-state index is -0.809. The first-order valence-corrected chi connectivity index (χ1v) is 7.41. The molecule has 0 saturated carbocycles. The summed E-state index contributed by atoms with van der Waals surface area (Å²) in [6, 6.07) is -0.280. The molecule has 8 heteroatoms. The average molecular weight is 298 g/mol. The molecule has 2 rings (SSSR count). The average Bonchev–Trinajstić information content (AvgIpc) is 2.92. The summed E-state index contributed by atoms with van der Waals surface area (Å²) in [5.74, 6) is -0.809. The molecule has 1 fully saturated rings. The van der Waals surface area contributed by atoms with E-state index in [9.17, 15) is 14.7 Å². The SMILES string of the molecule is CCCC1(C(=O)O)CCCN(C(=O)Nc2cnns2)C1. The van der Waals surface area contributed by atoms with Gasteiger partial charge in [0, 0.05) is 24.6 Å². The van der Waals surface area contributed by atoms with Crippen molar-refractivity contribution in [1.29, 1.82) is 0 Å². The van der Waals surface area contributed by atoms with Crippen LogP contribution in [0.15, 0.2) is 6.20 Å². The molecule has 0 spiro atoms. The lowest BCUT2D eigenvalue weighted by atomic mass is 9.76. The molecule has 1 aromatic rings. The Morgan fingerprint density at radius 2 is 2.40 bits per heavy atom. The molecule has 1 aliphatic rings. The minimum Gasteiger partial charge on any atom is -0.481 e. The monoisotopic (exact) mass is 298 g/mol. The van der Waals surface area contributed by atoms with Gasteiger partial charge >= 0.3 is 12.0 Å². The highest BCUT2D eigenvalue weighted by molar-refractivity contribution is 7.10. The Balaban J connectivity index is 2.05. The van der Waals surface area contributed by atoms with Gasteiger partial charge in [0.15, 0.2) is 0 Å². The first-order chi connectivity index (χ1) is 9.57. The molecule has 0 aromatic carbocycles. The number of urea groups is 1. The van der Waals surface area contributed by atoms with Crippen molar-refractivity contribution in [2.75, 3.05) is 18.4 Å². The molecule has 1 aliphatic heterocycles. The fourth-order valence-corrected chi connectivity index (χ4v) is 3.09. The second-order valence-electron chi connectivity index (χ2n) is 5.07. The van der Waals surface area contributed by atoms with Crippen LogP contribution in [0.2, 0.25) is 0 Å². The van der Waals surface area contributed by atoms with Gasteiger partial charge in [-0.05, 0) is 19.3 Å². The first-order valence-electron chi connectivity index (χ1n) is 6.64. The van der Waals surface area contributed by atoms with Crippen molar-refractivity contribution in [3.05, 3.63) is 6.20 Å². The fourth-order valence-electron chi connectivity index (χ4n) is 2.68. The van der Waals surface area contributed by atoms with Crippen molar-refractivity contribution in [3.8, 4) is 0 Å². The van der Waals surface area contributed by atoms with E-state index in [1.165, 1.54) is 6.20 Å². The largest absolute Gasteiger partial charge is 0.481 e. The third-order valence-electron chi connectivity index (χ3n) is 3.64. The molecule has 1 aromatic heterocycles. The predicted molar refractivity (Wildman–Crippen MR) is 74.7 cm³/mol. The molecule has 110 valence electrons. The Morgan fingerprint density at radius 1 is 1.60 bits per heavy atom. The van der Waals surface area contributed by atoms with E-state index < -0.39 is 11.4 Å². The molecule has 2 N–H and O–H groups in total. The maximum absolute atomic E-state index is 12.2. The van der Waals surface area contributed by atoms with E-state index in [2.05, 4.69) is 14.9 Å². The normalized spacial score (nSPS) is 22.6. The minimum absolute atomic E-state index is 0.258. The van der Waals surface area contributed by atoms with Crippen LogP contribution in [-0.2, 0) is 4.79 Å². The number of rotatable bonds is 4. The summed E-state index contributed by atoms with van der Waals surface area (Å²) in [6.07, 6.45) is 4.19. The molecular formula is C12H18N4O3S. The molecule has 7 nitrogen and oxygen atoms in total. The number of aliphatic carboxylic acids is 1. The maximum atomic E-state index is 12.2. The van der Waals surface area contributed by atoms with Gasteiger partial charge < -0.3 is 10.0 Å². The Hall–Kier alpha value is -1.70.